The maximum Gasteiger partial charge on any atom is 0.323 e. The Morgan fingerprint density at radius 2 is 1.84 bits per heavy atom. The van der Waals surface area contributed by atoms with Crippen molar-refractivity contribution in [1.82, 2.24) is 9.80 Å². The number of nitrogens with two attached hydrogens (primary N) is 1. The van der Waals surface area contributed by atoms with Crippen LogP contribution in [0.15, 0.2) is 0 Å². The van der Waals surface area contributed by atoms with Crippen LogP contribution >= 0.6 is 0 Å². The molecule has 0 spiro atoms. The first-order chi connectivity index (χ1) is 8.81. The van der Waals surface area contributed by atoms with Crippen LogP contribution in [0.2, 0.25) is 0 Å². The number of amides is 3. The summed E-state index contributed by atoms with van der Waals surface area (Å²) in [6, 6.07) is -0.486. The number of urea groups is 1. The molecule has 0 aromatic rings. The fraction of sp³-hybridized carbons (Fsp3) is 0.750. The van der Waals surface area contributed by atoms with E-state index in [-0.39, 0.29) is 12.6 Å². The van der Waals surface area contributed by atoms with Crippen molar-refractivity contribution in [2.75, 3.05) is 19.6 Å². The van der Waals surface area contributed by atoms with Crippen LogP contribution in [0, 0.1) is 5.92 Å². The van der Waals surface area contributed by atoms with Crippen LogP contribution in [-0.4, -0.2) is 58.5 Å². The lowest BCUT2D eigenvalue weighted by molar-refractivity contribution is -0.138. The quantitative estimate of drug-likeness (QED) is 0.685. The number of rotatable bonds is 7. The molecular weight excluding hydrogens is 250 g/mol. The summed E-state index contributed by atoms with van der Waals surface area (Å²) >= 11 is 0. The molecule has 1 saturated carbocycles. The van der Waals surface area contributed by atoms with E-state index in [1.165, 1.54) is 0 Å². The summed E-state index contributed by atoms with van der Waals surface area (Å²) in [5, 5.41) is 8.80. The Bertz CT molecular complexity index is 350. The molecule has 0 saturated heterocycles. The molecule has 1 rings (SSSR count). The average Bonchev–Trinajstić information content (AvgIpc) is 3.06. The molecule has 0 atom stereocenters. The smallest absolute Gasteiger partial charge is 0.323 e. The molecule has 0 aromatic carbocycles. The molecule has 1 aliphatic carbocycles. The third-order valence-corrected chi connectivity index (χ3v) is 2.96. The summed E-state index contributed by atoms with van der Waals surface area (Å²) in [6.45, 7) is 3.44. The van der Waals surface area contributed by atoms with Gasteiger partial charge in [0, 0.05) is 12.6 Å². The highest BCUT2D eigenvalue weighted by atomic mass is 16.4. The van der Waals surface area contributed by atoms with Crippen LogP contribution in [0.25, 0.3) is 0 Å². The Balaban J connectivity index is 2.74. The van der Waals surface area contributed by atoms with Gasteiger partial charge in [-0.25, -0.2) is 4.79 Å². The van der Waals surface area contributed by atoms with Crippen molar-refractivity contribution in [2.45, 2.75) is 32.7 Å². The zero-order valence-corrected chi connectivity index (χ0v) is 11.3. The SMILES string of the molecule is CC(C)N(CC1CC1)C(=O)N(CC(N)=O)CC(=O)O. The number of hydrogen-bond donors (Lipinski definition) is 2. The second-order valence-corrected chi connectivity index (χ2v) is 5.19. The molecule has 0 bridgehead atoms. The summed E-state index contributed by atoms with van der Waals surface area (Å²) in [5.74, 6) is -1.39. The Morgan fingerprint density at radius 1 is 1.26 bits per heavy atom. The molecule has 19 heavy (non-hydrogen) atoms. The molecule has 7 heteroatoms. The maximum absolute atomic E-state index is 12.3. The van der Waals surface area contributed by atoms with Gasteiger partial charge in [0.25, 0.3) is 0 Å². The van der Waals surface area contributed by atoms with Crippen LogP contribution < -0.4 is 5.73 Å². The second kappa shape index (κ2) is 6.40. The summed E-state index contributed by atoms with van der Waals surface area (Å²) < 4.78 is 0. The number of carboxylic acid groups (broad SMARTS) is 1. The monoisotopic (exact) mass is 271 g/mol. The van der Waals surface area contributed by atoms with E-state index in [9.17, 15) is 14.4 Å². The topological polar surface area (TPSA) is 104 Å². The van der Waals surface area contributed by atoms with Crippen LogP contribution in [0.5, 0.6) is 0 Å². The first-order valence-corrected chi connectivity index (χ1v) is 6.37. The van der Waals surface area contributed by atoms with Crippen molar-refractivity contribution >= 4 is 17.9 Å². The van der Waals surface area contributed by atoms with Crippen LogP contribution in [0.3, 0.4) is 0 Å². The van der Waals surface area contributed by atoms with Crippen LogP contribution in [-0.2, 0) is 9.59 Å². The summed E-state index contributed by atoms with van der Waals surface area (Å²) in [4.78, 5) is 36.6. The molecular formula is C12H21N3O4. The number of aliphatic carboxylic acids is 1. The molecule has 0 aromatic heterocycles. The predicted molar refractivity (Wildman–Crippen MR) is 68.4 cm³/mol. The van der Waals surface area contributed by atoms with Crippen LogP contribution in [0.4, 0.5) is 4.79 Å². The lowest BCUT2D eigenvalue weighted by Gasteiger charge is -2.32. The van der Waals surface area contributed by atoms with Crippen LogP contribution in [0.1, 0.15) is 26.7 Å². The van der Waals surface area contributed by atoms with Gasteiger partial charge in [0.1, 0.15) is 13.1 Å². The summed E-state index contributed by atoms with van der Waals surface area (Å²) in [5.41, 5.74) is 5.05. The molecule has 1 aliphatic rings. The van der Waals surface area contributed by atoms with Gasteiger partial charge in [-0.15, -0.1) is 0 Å². The molecule has 0 unspecified atom stereocenters. The Hall–Kier alpha value is -1.79. The van der Waals surface area contributed by atoms with E-state index in [4.69, 9.17) is 10.8 Å². The van der Waals surface area contributed by atoms with Gasteiger partial charge in [-0.1, -0.05) is 0 Å². The van der Waals surface area contributed by atoms with Crippen molar-refractivity contribution in [3.63, 3.8) is 0 Å². The van der Waals surface area contributed by atoms with Crippen molar-refractivity contribution < 1.29 is 19.5 Å². The van der Waals surface area contributed by atoms with Gasteiger partial charge in [-0.2, -0.15) is 0 Å². The van der Waals surface area contributed by atoms with E-state index in [0.29, 0.717) is 12.5 Å². The third-order valence-electron chi connectivity index (χ3n) is 2.96. The zero-order chi connectivity index (χ0) is 14.6. The van der Waals surface area contributed by atoms with Crippen molar-refractivity contribution in [1.29, 1.82) is 0 Å². The van der Waals surface area contributed by atoms with E-state index in [1.54, 1.807) is 4.90 Å². The highest BCUT2D eigenvalue weighted by Gasteiger charge is 2.31. The van der Waals surface area contributed by atoms with Gasteiger partial charge in [-0.05, 0) is 32.6 Å². The van der Waals surface area contributed by atoms with Crippen molar-refractivity contribution in [2.24, 2.45) is 11.7 Å². The van der Waals surface area contributed by atoms with Gasteiger partial charge < -0.3 is 20.6 Å². The number of hydrogen-bond acceptors (Lipinski definition) is 3. The van der Waals surface area contributed by atoms with E-state index < -0.39 is 24.5 Å². The second-order valence-electron chi connectivity index (χ2n) is 5.19. The fourth-order valence-corrected chi connectivity index (χ4v) is 1.81. The van der Waals surface area contributed by atoms with E-state index >= 15 is 0 Å². The molecule has 0 radical (unpaired) electrons. The lowest BCUT2D eigenvalue weighted by atomic mass is 10.3. The normalized spacial score (nSPS) is 14.3. The summed E-state index contributed by atoms with van der Waals surface area (Å²) in [6.07, 6.45) is 2.18. The standard InChI is InChI=1S/C12H21N3O4/c1-8(2)15(5-9-3-4-9)12(19)14(6-10(13)16)7-11(17)18/h8-9H,3-7H2,1-2H3,(H2,13,16)(H,17,18). The molecule has 0 heterocycles. The van der Waals surface area contributed by atoms with E-state index in [0.717, 1.165) is 17.7 Å². The highest BCUT2D eigenvalue weighted by Crippen LogP contribution is 2.30. The first kappa shape index (κ1) is 15.3. The average molecular weight is 271 g/mol. The van der Waals surface area contributed by atoms with Gasteiger partial charge in [0.15, 0.2) is 0 Å². The number of carbonyl (C=O) groups excluding carboxylic acids is 2. The van der Waals surface area contributed by atoms with Crippen molar-refractivity contribution in [3.8, 4) is 0 Å². The minimum Gasteiger partial charge on any atom is -0.480 e. The fourth-order valence-electron chi connectivity index (χ4n) is 1.81. The molecule has 3 amide bonds. The molecule has 3 N–H and O–H groups in total. The minimum absolute atomic E-state index is 0.0442. The first-order valence-electron chi connectivity index (χ1n) is 6.37. The number of primary amides is 1. The Kier molecular flexibility index (Phi) is 5.14. The molecule has 7 nitrogen and oxygen atoms in total. The largest absolute Gasteiger partial charge is 0.480 e. The van der Waals surface area contributed by atoms with Gasteiger partial charge in [0.05, 0.1) is 0 Å². The highest BCUT2D eigenvalue weighted by molar-refractivity contribution is 5.86. The van der Waals surface area contributed by atoms with Gasteiger partial charge in [-0.3, -0.25) is 9.59 Å². The molecule has 0 aliphatic heterocycles. The zero-order valence-electron chi connectivity index (χ0n) is 11.3. The van der Waals surface area contributed by atoms with E-state index in [1.807, 2.05) is 13.8 Å². The summed E-state index contributed by atoms with van der Waals surface area (Å²) in [7, 11) is 0. The lowest BCUT2D eigenvalue weighted by Crippen LogP contribution is -2.51. The van der Waals surface area contributed by atoms with Gasteiger partial charge in [0.2, 0.25) is 5.91 Å². The maximum atomic E-state index is 12.3. The minimum atomic E-state index is -1.16. The predicted octanol–water partition coefficient (Wildman–Crippen LogP) is 0.0987. The van der Waals surface area contributed by atoms with Gasteiger partial charge >= 0.3 is 12.0 Å². The number of nitrogens with zero attached hydrogens (tertiary/aromatic N) is 2. The number of carbonyl (C=O) groups is 3. The molecule has 108 valence electrons. The van der Waals surface area contributed by atoms with E-state index in [2.05, 4.69) is 0 Å². The van der Waals surface area contributed by atoms with Crippen molar-refractivity contribution in [3.05, 3.63) is 0 Å². The number of carboxylic acids is 1. The Labute approximate surface area is 112 Å². The third kappa shape index (κ3) is 5.15. The molecule has 1 fully saturated rings. The Morgan fingerprint density at radius 3 is 2.21 bits per heavy atom.